The minimum Gasteiger partial charge on any atom is -0.364 e. The molecule has 0 saturated carbocycles. The standard InChI is InChI=1S/C19H26N2O4/c1-14(2)6-5-11-25-13-17-8-7-16(12-18(17)21(23)24)9-10-20-19(22)15(3)4/h7-8,12,14-15H,9-11,13H2,1-4H3,(H,20,22). The third-order valence-corrected chi connectivity index (χ3v) is 3.41. The van der Waals surface area contributed by atoms with Crippen molar-refractivity contribution >= 4 is 11.6 Å². The van der Waals surface area contributed by atoms with Crippen molar-refractivity contribution in [2.75, 3.05) is 13.2 Å². The lowest BCUT2D eigenvalue weighted by atomic mass is 10.1. The van der Waals surface area contributed by atoms with Crippen LogP contribution >= 0.6 is 0 Å². The summed E-state index contributed by atoms with van der Waals surface area (Å²) in [7, 11) is 0. The molecule has 25 heavy (non-hydrogen) atoms. The first-order valence-electron chi connectivity index (χ1n) is 8.41. The van der Waals surface area contributed by atoms with Crippen molar-refractivity contribution in [2.45, 2.75) is 40.7 Å². The summed E-state index contributed by atoms with van der Waals surface area (Å²) in [5.74, 6) is 6.02. The van der Waals surface area contributed by atoms with Crippen molar-refractivity contribution < 1.29 is 14.5 Å². The molecule has 6 nitrogen and oxygen atoms in total. The lowest BCUT2D eigenvalue weighted by Gasteiger charge is -2.09. The van der Waals surface area contributed by atoms with Crippen LogP contribution in [-0.4, -0.2) is 24.0 Å². The molecule has 6 heteroatoms. The Balaban J connectivity index is 2.65. The third-order valence-electron chi connectivity index (χ3n) is 3.41. The topological polar surface area (TPSA) is 81.5 Å². The van der Waals surface area contributed by atoms with Crippen LogP contribution in [0.2, 0.25) is 0 Å². The van der Waals surface area contributed by atoms with Gasteiger partial charge in [0.2, 0.25) is 5.91 Å². The van der Waals surface area contributed by atoms with E-state index in [-0.39, 0.29) is 36.6 Å². The van der Waals surface area contributed by atoms with Gasteiger partial charge in [0, 0.05) is 24.4 Å². The van der Waals surface area contributed by atoms with E-state index in [0.29, 0.717) is 18.5 Å². The fourth-order valence-corrected chi connectivity index (χ4v) is 2.05. The number of ether oxygens (including phenoxy) is 1. The van der Waals surface area contributed by atoms with Gasteiger partial charge in [-0.15, -0.1) is 0 Å². The summed E-state index contributed by atoms with van der Waals surface area (Å²) in [6.07, 6.45) is 0.542. The van der Waals surface area contributed by atoms with Crippen molar-refractivity contribution in [2.24, 2.45) is 11.8 Å². The average molecular weight is 346 g/mol. The Morgan fingerprint density at radius 2 is 2.04 bits per heavy atom. The number of carbonyl (C=O) groups excluding carboxylic acids is 1. The summed E-state index contributed by atoms with van der Waals surface area (Å²) in [6, 6.07) is 5.07. The van der Waals surface area contributed by atoms with Gasteiger partial charge >= 0.3 is 0 Å². The van der Waals surface area contributed by atoms with Crippen LogP contribution in [-0.2, 0) is 22.6 Å². The molecule has 1 aromatic rings. The second-order valence-corrected chi connectivity index (χ2v) is 6.38. The highest BCUT2D eigenvalue weighted by molar-refractivity contribution is 5.77. The highest BCUT2D eigenvalue weighted by Gasteiger charge is 2.15. The quantitative estimate of drug-likeness (QED) is 0.339. The van der Waals surface area contributed by atoms with Gasteiger partial charge < -0.3 is 10.1 Å². The fraction of sp³-hybridized carbons (Fsp3) is 0.526. The van der Waals surface area contributed by atoms with Gasteiger partial charge in [0.1, 0.15) is 6.61 Å². The highest BCUT2D eigenvalue weighted by Crippen LogP contribution is 2.21. The number of nitro benzene ring substituents is 1. The van der Waals surface area contributed by atoms with Gasteiger partial charge in [0.15, 0.2) is 0 Å². The highest BCUT2D eigenvalue weighted by atomic mass is 16.6. The Morgan fingerprint density at radius 1 is 1.32 bits per heavy atom. The van der Waals surface area contributed by atoms with Crippen molar-refractivity contribution in [3.63, 3.8) is 0 Å². The molecule has 0 aliphatic carbocycles. The molecule has 136 valence electrons. The minimum absolute atomic E-state index is 0.0259. The lowest BCUT2D eigenvalue weighted by molar-refractivity contribution is -0.386. The molecule has 0 radical (unpaired) electrons. The van der Waals surface area contributed by atoms with E-state index in [1.165, 1.54) is 0 Å². The first kappa shape index (κ1) is 20.7. The molecule has 1 aromatic carbocycles. The van der Waals surface area contributed by atoms with Gasteiger partial charge in [0.25, 0.3) is 5.69 Å². The first-order valence-corrected chi connectivity index (χ1v) is 8.41. The Morgan fingerprint density at radius 3 is 2.64 bits per heavy atom. The van der Waals surface area contributed by atoms with E-state index in [1.54, 1.807) is 12.1 Å². The first-order chi connectivity index (χ1) is 11.8. The number of nitrogens with zero attached hydrogens (tertiary/aromatic N) is 1. The number of carbonyl (C=O) groups is 1. The largest absolute Gasteiger partial charge is 0.364 e. The van der Waals surface area contributed by atoms with Crippen molar-refractivity contribution in [1.82, 2.24) is 5.32 Å². The molecule has 0 fully saturated rings. The molecule has 1 rings (SSSR count). The van der Waals surface area contributed by atoms with Crippen LogP contribution in [0.15, 0.2) is 18.2 Å². The van der Waals surface area contributed by atoms with E-state index in [2.05, 4.69) is 17.2 Å². The second kappa shape index (κ2) is 10.5. The van der Waals surface area contributed by atoms with Crippen LogP contribution in [0.25, 0.3) is 0 Å². The van der Waals surface area contributed by atoms with Crippen LogP contribution < -0.4 is 5.32 Å². The maximum absolute atomic E-state index is 11.5. The molecule has 0 spiro atoms. The molecule has 0 atom stereocenters. The molecule has 0 aliphatic heterocycles. The predicted molar refractivity (Wildman–Crippen MR) is 96.9 cm³/mol. The molecule has 0 bridgehead atoms. The van der Waals surface area contributed by atoms with Crippen LogP contribution in [0.4, 0.5) is 5.69 Å². The molecule has 0 aromatic heterocycles. The molecular formula is C19H26N2O4. The summed E-state index contributed by atoms with van der Waals surface area (Å²) < 4.78 is 5.40. The van der Waals surface area contributed by atoms with Crippen LogP contribution in [0.1, 0.15) is 38.8 Å². The molecule has 1 amide bonds. The number of nitro groups is 1. The molecule has 0 aliphatic rings. The van der Waals surface area contributed by atoms with E-state index in [1.807, 2.05) is 33.8 Å². The van der Waals surface area contributed by atoms with E-state index in [0.717, 1.165) is 5.56 Å². The maximum atomic E-state index is 11.5. The lowest BCUT2D eigenvalue weighted by Crippen LogP contribution is -2.29. The predicted octanol–water partition coefficient (Wildman–Crippen LogP) is 3.09. The van der Waals surface area contributed by atoms with Crippen molar-refractivity contribution in [3.05, 3.63) is 39.4 Å². The van der Waals surface area contributed by atoms with Gasteiger partial charge in [-0.2, -0.15) is 0 Å². The summed E-state index contributed by atoms with van der Waals surface area (Å²) in [5.41, 5.74) is 1.36. The molecular weight excluding hydrogens is 320 g/mol. The SMILES string of the molecule is CC(C)C#CCOCc1ccc(CCNC(=O)C(C)C)cc1[N+](=O)[O-]. The minimum atomic E-state index is -0.408. The Hall–Kier alpha value is -2.39. The monoisotopic (exact) mass is 346 g/mol. The number of nitrogens with one attached hydrogen (secondary N) is 1. The van der Waals surface area contributed by atoms with E-state index >= 15 is 0 Å². The Bertz CT molecular complexity index is 657. The average Bonchev–Trinajstić information content (AvgIpc) is 2.54. The molecule has 0 unspecified atom stereocenters. The van der Waals surface area contributed by atoms with E-state index in [9.17, 15) is 14.9 Å². The summed E-state index contributed by atoms with van der Waals surface area (Å²) in [5, 5.41) is 14.1. The number of rotatable bonds is 8. The van der Waals surface area contributed by atoms with Crippen molar-refractivity contribution in [3.8, 4) is 11.8 Å². The number of amides is 1. The summed E-state index contributed by atoms with van der Waals surface area (Å²) in [6.45, 7) is 8.46. The van der Waals surface area contributed by atoms with E-state index < -0.39 is 4.92 Å². The van der Waals surface area contributed by atoms with E-state index in [4.69, 9.17) is 4.74 Å². The number of hydrogen-bond acceptors (Lipinski definition) is 4. The zero-order valence-electron chi connectivity index (χ0n) is 15.3. The van der Waals surface area contributed by atoms with Crippen molar-refractivity contribution in [1.29, 1.82) is 0 Å². The number of hydrogen-bond donors (Lipinski definition) is 1. The van der Waals surface area contributed by atoms with Gasteiger partial charge in [-0.3, -0.25) is 14.9 Å². The summed E-state index contributed by atoms with van der Waals surface area (Å²) >= 11 is 0. The maximum Gasteiger partial charge on any atom is 0.275 e. The third kappa shape index (κ3) is 7.81. The Labute approximate surface area is 149 Å². The molecule has 0 saturated heterocycles. The van der Waals surface area contributed by atoms with Gasteiger partial charge in [-0.25, -0.2) is 0 Å². The molecule has 1 N–H and O–H groups in total. The zero-order chi connectivity index (χ0) is 18.8. The van der Waals surface area contributed by atoms with Gasteiger partial charge in [0.05, 0.1) is 17.1 Å². The van der Waals surface area contributed by atoms with Gasteiger partial charge in [-0.05, 0) is 18.1 Å². The summed E-state index contributed by atoms with van der Waals surface area (Å²) in [4.78, 5) is 22.4. The smallest absolute Gasteiger partial charge is 0.275 e. The fourth-order valence-electron chi connectivity index (χ4n) is 2.05. The van der Waals surface area contributed by atoms with Crippen LogP contribution in [0.3, 0.4) is 0 Å². The van der Waals surface area contributed by atoms with Crippen LogP contribution in [0, 0.1) is 33.8 Å². The Kier molecular flexibility index (Phi) is 8.65. The number of benzene rings is 1. The van der Waals surface area contributed by atoms with Crippen LogP contribution in [0.5, 0.6) is 0 Å². The normalized spacial score (nSPS) is 10.5. The zero-order valence-corrected chi connectivity index (χ0v) is 15.3. The second-order valence-electron chi connectivity index (χ2n) is 6.38. The van der Waals surface area contributed by atoms with Gasteiger partial charge in [-0.1, -0.05) is 45.6 Å². The molecule has 0 heterocycles.